The zero-order chi connectivity index (χ0) is 23.0. The number of carbonyl (C=O) groups is 1. The Labute approximate surface area is 189 Å². The number of amides is 1. The Morgan fingerprint density at radius 3 is 2.31 bits per heavy atom. The topological polar surface area (TPSA) is 97.3 Å². The smallest absolute Gasteiger partial charge is 0.264 e. The van der Waals surface area contributed by atoms with E-state index in [-0.39, 0.29) is 16.3 Å². The highest BCUT2D eigenvalue weighted by atomic mass is 32.2. The first-order valence-electron chi connectivity index (χ1n) is 10.6. The van der Waals surface area contributed by atoms with Crippen LogP contribution >= 0.6 is 0 Å². The molecule has 3 rings (SSSR count). The van der Waals surface area contributed by atoms with Crippen molar-refractivity contribution in [1.29, 1.82) is 0 Å². The second kappa shape index (κ2) is 11.0. The number of nitrogens with zero attached hydrogens (tertiary/aromatic N) is 2. The van der Waals surface area contributed by atoms with Crippen LogP contribution in [0.3, 0.4) is 0 Å². The molecule has 2 aromatic rings. The molecule has 0 bridgehead atoms. The van der Waals surface area contributed by atoms with Crippen LogP contribution in [0.25, 0.3) is 0 Å². The number of sulfonamides is 1. The summed E-state index contributed by atoms with van der Waals surface area (Å²) < 4.78 is 38.6. The maximum Gasteiger partial charge on any atom is 0.264 e. The summed E-state index contributed by atoms with van der Waals surface area (Å²) in [5, 5.41) is 4.26. The van der Waals surface area contributed by atoms with Crippen molar-refractivity contribution in [3.63, 3.8) is 0 Å². The molecule has 1 saturated carbocycles. The Morgan fingerprint density at radius 2 is 1.69 bits per heavy atom. The van der Waals surface area contributed by atoms with Crippen molar-refractivity contribution in [2.45, 2.75) is 43.4 Å². The molecule has 0 atom stereocenters. The Balaban J connectivity index is 1.92. The van der Waals surface area contributed by atoms with Crippen LogP contribution in [0.5, 0.6) is 11.5 Å². The van der Waals surface area contributed by atoms with Crippen LogP contribution < -0.4 is 19.2 Å². The van der Waals surface area contributed by atoms with Gasteiger partial charge in [-0.25, -0.2) is 13.8 Å². The molecule has 1 aliphatic carbocycles. The van der Waals surface area contributed by atoms with E-state index in [9.17, 15) is 13.2 Å². The van der Waals surface area contributed by atoms with E-state index >= 15 is 0 Å². The van der Waals surface area contributed by atoms with Crippen molar-refractivity contribution in [1.82, 2.24) is 5.43 Å². The SMILES string of the molecule is COc1ccc(N(CC(=O)NN=C2CCCCCC2)S(=O)(=O)c2ccccc2)c(OC)c1. The minimum absolute atomic E-state index is 0.0701. The highest BCUT2D eigenvalue weighted by Crippen LogP contribution is 2.35. The molecule has 0 radical (unpaired) electrons. The van der Waals surface area contributed by atoms with E-state index in [0.717, 1.165) is 48.5 Å². The van der Waals surface area contributed by atoms with Gasteiger partial charge in [0.15, 0.2) is 0 Å². The first-order chi connectivity index (χ1) is 15.5. The number of methoxy groups -OCH3 is 2. The molecule has 0 aromatic heterocycles. The quantitative estimate of drug-likeness (QED) is 0.479. The molecule has 1 N–H and O–H groups in total. The summed E-state index contributed by atoms with van der Waals surface area (Å²) >= 11 is 0. The first kappa shape index (κ1) is 23.6. The van der Waals surface area contributed by atoms with Gasteiger partial charge in [0.2, 0.25) is 0 Å². The molecule has 1 fully saturated rings. The van der Waals surface area contributed by atoms with Gasteiger partial charge in [0.1, 0.15) is 18.0 Å². The van der Waals surface area contributed by atoms with Crippen LogP contribution in [-0.2, 0) is 14.8 Å². The number of carbonyl (C=O) groups excluding carboxylic acids is 1. The van der Waals surface area contributed by atoms with Crippen LogP contribution in [0, 0.1) is 0 Å². The average molecular weight is 460 g/mol. The number of hydrazone groups is 1. The summed E-state index contributed by atoms with van der Waals surface area (Å²) in [6.07, 6.45) is 6.11. The molecule has 1 amide bonds. The van der Waals surface area contributed by atoms with E-state index in [2.05, 4.69) is 10.5 Å². The summed E-state index contributed by atoms with van der Waals surface area (Å²) in [4.78, 5) is 12.8. The van der Waals surface area contributed by atoms with Gasteiger partial charge in [0.25, 0.3) is 15.9 Å². The van der Waals surface area contributed by atoms with E-state index in [1.54, 1.807) is 36.4 Å². The summed E-state index contributed by atoms with van der Waals surface area (Å²) in [5.74, 6) is 0.248. The molecule has 0 saturated heterocycles. The van der Waals surface area contributed by atoms with Gasteiger partial charge in [-0.15, -0.1) is 0 Å². The number of nitrogens with one attached hydrogen (secondary N) is 1. The van der Waals surface area contributed by atoms with Crippen LogP contribution in [-0.4, -0.2) is 40.8 Å². The maximum atomic E-state index is 13.5. The normalized spacial score (nSPS) is 14.2. The summed E-state index contributed by atoms with van der Waals surface area (Å²) in [6, 6.07) is 12.7. The van der Waals surface area contributed by atoms with Crippen molar-refractivity contribution in [3.8, 4) is 11.5 Å². The number of benzene rings is 2. The largest absolute Gasteiger partial charge is 0.497 e. The van der Waals surface area contributed by atoms with Gasteiger partial charge in [-0.3, -0.25) is 9.10 Å². The number of ether oxygens (including phenoxy) is 2. The number of rotatable bonds is 8. The zero-order valence-electron chi connectivity index (χ0n) is 18.4. The Hall–Kier alpha value is -3.07. The van der Waals surface area contributed by atoms with Crippen LogP contribution in [0.1, 0.15) is 38.5 Å². The lowest BCUT2D eigenvalue weighted by Crippen LogP contribution is -2.40. The lowest BCUT2D eigenvalue weighted by molar-refractivity contribution is -0.119. The van der Waals surface area contributed by atoms with E-state index in [1.807, 2.05) is 0 Å². The maximum absolute atomic E-state index is 13.5. The first-order valence-corrected chi connectivity index (χ1v) is 12.0. The third-order valence-corrected chi connectivity index (χ3v) is 7.07. The minimum atomic E-state index is -4.05. The molecule has 9 heteroatoms. The molecule has 172 valence electrons. The fraction of sp³-hybridized carbons (Fsp3) is 0.391. The van der Waals surface area contributed by atoms with Gasteiger partial charge in [-0.2, -0.15) is 5.10 Å². The van der Waals surface area contributed by atoms with E-state index in [1.165, 1.54) is 26.4 Å². The molecule has 2 aromatic carbocycles. The molecule has 0 unspecified atom stereocenters. The van der Waals surface area contributed by atoms with Gasteiger partial charge >= 0.3 is 0 Å². The number of hydrogen-bond donors (Lipinski definition) is 1. The second-order valence-corrected chi connectivity index (χ2v) is 9.35. The molecule has 8 nitrogen and oxygen atoms in total. The van der Waals surface area contributed by atoms with Gasteiger partial charge in [0.05, 0.1) is 24.8 Å². The second-order valence-electron chi connectivity index (χ2n) is 7.49. The molecule has 0 aliphatic heterocycles. The van der Waals surface area contributed by atoms with Crippen molar-refractivity contribution < 1.29 is 22.7 Å². The molecular weight excluding hydrogens is 430 g/mol. The molecular formula is C23H29N3O5S. The van der Waals surface area contributed by atoms with Gasteiger partial charge < -0.3 is 9.47 Å². The lowest BCUT2D eigenvalue weighted by Gasteiger charge is -2.25. The molecule has 0 spiro atoms. The fourth-order valence-corrected chi connectivity index (χ4v) is 5.02. The van der Waals surface area contributed by atoms with Crippen molar-refractivity contribution in [2.75, 3.05) is 25.1 Å². The Kier molecular flexibility index (Phi) is 8.10. The van der Waals surface area contributed by atoms with Crippen LogP contribution in [0.15, 0.2) is 58.5 Å². The summed E-state index contributed by atoms with van der Waals surface area (Å²) in [7, 11) is -1.11. The number of hydrogen-bond acceptors (Lipinski definition) is 6. The highest BCUT2D eigenvalue weighted by molar-refractivity contribution is 7.92. The highest BCUT2D eigenvalue weighted by Gasteiger charge is 2.29. The predicted octanol–water partition coefficient (Wildman–Crippen LogP) is 3.73. The van der Waals surface area contributed by atoms with E-state index < -0.39 is 22.5 Å². The fourth-order valence-electron chi connectivity index (χ4n) is 3.57. The Morgan fingerprint density at radius 1 is 1.00 bits per heavy atom. The lowest BCUT2D eigenvalue weighted by atomic mass is 10.2. The van der Waals surface area contributed by atoms with E-state index in [4.69, 9.17) is 9.47 Å². The summed E-state index contributed by atoms with van der Waals surface area (Å²) in [6.45, 7) is -0.448. The Bertz CT molecular complexity index is 1040. The summed E-state index contributed by atoms with van der Waals surface area (Å²) in [5.41, 5.74) is 3.71. The van der Waals surface area contributed by atoms with Gasteiger partial charge in [-0.05, 0) is 49.9 Å². The molecule has 32 heavy (non-hydrogen) atoms. The monoisotopic (exact) mass is 459 g/mol. The average Bonchev–Trinajstić information content (AvgIpc) is 3.10. The van der Waals surface area contributed by atoms with Crippen LogP contribution in [0.4, 0.5) is 5.69 Å². The van der Waals surface area contributed by atoms with Crippen molar-refractivity contribution >= 4 is 27.3 Å². The van der Waals surface area contributed by atoms with Crippen molar-refractivity contribution in [2.24, 2.45) is 5.10 Å². The third kappa shape index (κ3) is 5.79. The van der Waals surface area contributed by atoms with E-state index in [0.29, 0.717) is 5.75 Å². The zero-order valence-corrected chi connectivity index (χ0v) is 19.2. The van der Waals surface area contributed by atoms with Crippen molar-refractivity contribution in [3.05, 3.63) is 48.5 Å². The number of anilines is 1. The third-order valence-electron chi connectivity index (χ3n) is 5.29. The molecule has 1 aliphatic rings. The van der Waals surface area contributed by atoms with Crippen LogP contribution in [0.2, 0.25) is 0 Å². The minimum Gasteiger partial charge on any atom is -0.497 e. The molecule has 0 heterocycles. The standard InChI is InChI=1S/C23H29N3O5S/c1-30-19-14-15-21(22(16-19)31-2)26(32(28,29)20-12-8-5-9-13-20)17-23(27)25-24-18-10-6-3-4-7-11-18/h5,8-9,12-16H,3-4,6-7,10-11,17H2,1-2H3,(H,25,27). The predicted molar refractivity (Wildman–Crippen MR) is 124 cm³/mol. The van der Waals surface area contributed by atoms with Gasteiger partial charge in [-0.1, -0.05) is 31.0 Å². The van der Waals surface area contributed by atoms with Gasteiger partial charge in [0, 0.05) is 11.8 Å².